The predicted molar refractivity (Wildman–Crippen MR) is 98.8 cm³/mol. The molecule has 0 aromatic heterocycles. The van der Waals surface area contributed by atoms with Gasteiger partial charge in [0.15, 0.2) is 6.10 Å². The van der Waals surface area contributed by atoms with Crippen LogP contribution in [-0.4, -0.2) is 42.0 Å². The van der Waals surface area contributed by atoms with Gasteiger partial charge in [-0.15, -0.1) is 0 Å². The van der Waals surface area contributed by atoms with E-state index in [1.807, 2.05) is 0 Å². The SMILES string of the molecule is C[C@H](OC(=O)[C@@H]1CC(=O)N(c2ccccc2F)C1)C(=O)NC(=O)NC(C)(C)C. The number of rotatable bonds is 4. The third-order valence-corrected chi connectivity index (χ3v) is 3.99. The lowest BCUT2D eigenvalue weighted by molar-refractivity contribution is -0.158. The standard InChI is InChI=1S/C19H24FN3O5/c1-11(16(25)21-18(27)22-19(2,3)4)28-17(26)12-9-15(24)23(10-12)14-8-6-5-7-13(14)20/h5-8,11-12H,9-10H2,1-4H3,(H2,21,22,25,27)/t11-,12+/m0/s1. The largest absolute Gasteiger partial charge is 0.452 e. The molecule has 4 amide bonds. The number of para-hydroxylation sites is 1. The zero-order valence-electron chi connectivity index (χ0n) is 16.2. The second-order valence-corrected chi connectivity index (χ2v) is 7.63. The quantitative estimate of drug-likeness (QED) is 0.758. The van der Waals surface area contributed by atoms with Gasteiger partial charge >= 0.3 is 12.0 Å². The van der Waals surface area contributed by atoms with Gasteiger partial charge in [-0.25, -0.2) is 9.18 Å². The first-order valence-electron chi connectivity index (χ1n) is 8.86. The molecule has 2 atom stereocenters. The Morgan fingerprint density at radius 2 is 1.89 bits per heavy atom. The Bertz CT molecular complexity index is 790. The van der Waals surface area contributed by atoms with Crippen molar-refractivity contribution in [3.05, 3.63) is 30.1 Å². The van der Waals surface area contributed by atoms with Crippen molar-refractivity contribution in [1.82, 2.24) is 10.6 Å². The van der Waals surface area contributed by atoms with E-state index in [2.05, 4.69) is 10.6 Å². The summed E-state index contributed by atoms with van der Waals surface area (Å²) < 4.78 is 19.0. The van der Waals surface area contributed by atoms with Gasteiger partial charge in [0.1, 0.15) is 5.82 Å². The number of halogens is 1. The van der Waals surface area contributed by atoms with Crippen LogP contribution in [0.25, 0.3) is 0 Å². The summed E-state index contributed by atoms with van der Waals surface area (Å²) in [7, 11) is 0. The molecule has 0 saturated carbocycles. The van der Waals surface area contributed by atoms with Crippen molar-refractivity contribution >= 4 is 29.5 Å². The van der Waals surface area contributed by atoms with E-state index in [0.29, 0.717) is 0 Å². The molecule has 2 rings (SSSR count). The maximum atomic E-state index is 13.9. The molecule has 2 N–H and O–H groups in total. The van der Waals surface area contributed by atoms with Crippen LogP contribution in [0.2, 0.25) is 0 Å². The Hall–Kier alpha value is -2.97. The lowest BCUT2D eigenvalue weighted by Crippen LogP contribution is -2.50. The highest BCUT2D eigenvalue weighted by molar-refractivity contribution is 6.00. The van der Waals surface area contributed by atoms with Crippen molar-refractivity contribution in [2.24, 2.45) is 5.92 Å². The van der Waals surface area contributed by atoms with Crippen LogP contribution in [0, 0.1) is 11.7 Å². The molecule has 0 unspecified atom stereocenters. The molecule has 28 heavy (non-hydrogen) atoms. The molecule has 0 aliphatic carbocycles. The Morgan fingerprint density at radius 1 is 1.25 bits per heavy atom. The van der Waals surface area contributed by atoms with Gasteiger partial charge in [0.25, 0.3) is 5.91 Å². The van der Waals surface area contributed by atoms with Crippen LogP contribution in [0.4, 0.5) is 14.9 Å². The van der Waals surface area contributed by atoms with Crippen LogP contribution < -0.4 is 15.5 Å². The van der Waals surface area contributed by atoms with Gasteiger partial charge < -0.3 is 15.0 Å². The summed E-state index contributed by atoms with van der Waals surface area (Å²) in [6.07, 6.45) is -1.37. The third kappa shape index (κ3) is 5.51. The second kappa shape index (κ2) is 8.37. The maximum absolute atomic E-state index is 13.9. The highest BCUT2D eigenvalue weighted by atomic mass is 19.1. The average Bonchev–Trinajstić information content (AvgIpc) is 2.95. The summed E-state index contributed by atoms with van der Waals surface area (Å²) in [5.74, 6) is -3.35. The molecule has 1 heterocycles. The fourth-order valence-corrected chi connectivity index (χ4v) is 2.68. The van der Waals surface area contributed by atoms with Crippen molar-refractivity contribution in [1.29, 1.82) is 0 Å². The van der Waals surface area contributed by atoms with Crippen molar-refractivity contribution in [2.75, 3.05) is 11.4 Å². The zero-order chi connectivity index (χ0) is 21.1. The summed E-state index contributed by atoms with van der Waals surface area (Å²) >= 11 is 0. The van der Waals surface area contributed by atoms with Gasteiger partial charge in [0, 0.05) is 18.5 Å². The van der Waals surface area contributed by atoms with E-state index in [-0.39, 0.29) is 18.7 Å². The molecule has 1 fully saturated rings. The molecule has 152 valence electrons. The number of carbonyl (C=O) groups excluding carboxylic acids is 4. The minimum Gasteiger partial charge on any atom is -0.452 e. The van der Waals surface area contributed by atoms with Gasteiger partial charge in [-0.1, -0.05) is 12.1 Å². The summed E-state index contributed by atoms with van der Waals surface area (Å²) in [6, 6.07) is 5.06. The monoisotopic (exact) mass is 393 g/mol. The number of ether oxygens (including phenoxy) is 1. The minimum absolute atomic E-state index is 0.0442. The molecule has 0 spiro atoms. The van der Waals surface area contributed by atoms with Crippen molar-refractivity contribution in [3.63, 3.8) is 0 Å². The smallest absolute Gasteiger partial charge is 0.321 e. The topological polar surface area (TPSA) is 105 Å². The van der Waals surface area contributed by atoms with Crippen LogP contribution in [0.3, 0.4) is 0 Å². The Labute approximate surface area is 162 Å². The molecule has 1 aromatic carbocycles. The summed E-state index contributed by atoms with van der Waals surface area (Å²) in [6.45, 7) is 6.53. The number of imide groups is 1. The first-order chi connectivity index (χ1) is 13.0. The van der Waals surface area contributed by atoms with Crippen molar-refractivity contribution in [2.45, 2.75) is 45.8 Å². The number of urea groups is 1. The number of amides is 4. The number of benzene rings is 1. The van der Waals surface area contributed by atoms with Crippen LogP contribution in [0.15, 0.2) is 24.3 Å². The Morgan fingerprint density at radius 3 is 2.50 bits per heavy atom. The highest BCUT2D eigenvalue weighted by Gasteiger charge is 2.38. The lowest BCUT2D eigenvalue weighted by Gasteiger charge is -2.21. The van der Waals surface area contributed by atoms with E-state index in [9.17, 15) is 23.6 Å². The van der Waals surface area contributed by atoms with Crippen LogP contribution in [-0.2, 0) is 19.1 Å². The fraction of sp³-hybridized carbons (Fsp3) is 0.474. The average molecular weight is 393 g/mol. The molecule has 8 nitrogen and oxygen atoms in total. The molecule has 9 heteroatoms. The number of anilines is 1. The normalized spacial score (nSPS) is 17.8. The molecule has 0 bridgehead atoms. The summed E-state index contributed by atoms with van der Waals surface area (Å²) in [4.78, 5) is 49.4. The fourth-order valence-electron chi connectivity index (χ4n) is 2.68. The van der Waals surface area contributed by atoms with Crippen molar-refractivity contribution in [3.8, 4) is 0 Å². The molecule has 1 aliphatic rings. The van der Waals surface area contributed by atoms with Crippen LogP contribution in [0.1, 0.15) is 34.1 Å². The Balaban J connectivity index is 1.92. The third-order valence-electron chi connectivity index (χ3n) is 3.99. The molecule has 1 aliphatic heterocycles. The van der Waals surface area contributed by atoms with Crippen LogP contribution >= 0.6 is 0 Å². The first kappa shape index (κ1) is 21.3. The number of nitrogens with one attached hydrogen (secondary N) is 2. The number of esters is 1. The lowest BCUT2D eigenvalue weighted by atomic mass is 10.1. The van der Waals surface area contributed by atoms with Crippen molar-refractivity contribution < 1.29 is 28.3 Å². The minimum atomic E-state index is -1.23. The van der Waals surface area contributed by atoms with Crippen LogP contribution in [0.5, 0.6) is 0 Å². The number of hydrogen-bond donors (Lipinski definition) is 2. The molecular formula is C19H24FN3O5. The van der Waals surface area contributed by atoms with Gasteiger partial charge in [-0.05, 0) is 39.8 Å². The van der Waals surface area contributed by atoms with Gasteiger partial charge in [-0.2, -0.15) is 0 Å². The van der Waals surface area contributed by atoms with E-state index in [1.54, 1.807) is 26.8 Å². The van der Waals surface area contributed by atoms with E-state index >= 15 is 0 Å². The predicted octanol–water partition coefficient (Wildman–Crippen LogP) is 1.73. The second-order valence-electron chi connectivity index (χ2n) is 7.63. The molecule has 1 aromatic rings. The van der Waals surface area contributed by atoms with E-state index in [1.165, 1.54) is 30.0 Å². The summed E-state index contributed by atoms with van der Waals surface area (Å²) in [5.41, 5.74) is -0.447. The first-order valence-corrected chi connectivity index (χ1v) is 8.86. The van der Waals surface area contributed by atoms with Gasteiger partial charge in [0.05, 0.1) is 11.6 Å². The number of nitrogens with zero attached hydrogens (tertiary/aromatic N) is 1. The Kier molecular flexibility index (Phi) is 6.37. The highest BCUT2D eigenvalue weighted by Crippen LogP contribution is 2.28. The molecule has 1 saturated heterocycles. The number of hydrogen-bond acceptors (Lipinski definition) is 5. The zero-order valence-corrected chi connectivity index (χ0v) is 16.2. The van der Waals surface area contributed by atoms with Gasteiger partial charge in [0.2, 0.25) is 5.91 Å². The maximum Gasteiger partial charge on any atom is 0.321 e. The summed E-state index contributed by atoms with van der Waals surface area (Å²) in [5, 5.41) is 4.64. The van der Waals surface area contributed by atoms with E-state index in [4.69, 9.17) is 4.74 Å². The van der Waals surface area contributed by atoms with E-state index in [0.717, 1.165) is 0 Å². The van der Waals surface area contributed by atoms with E-state index < -0.39 is 47.2 Å². The molecular weight excluding hydrogens is 369 g/mol. The molecule has 0 radical (unpaired) electrons. The number of carbonyl (C=O) groups is 4. The van der Waals surface area contributed by atoms with Gasteiger partial charge in [-0.3, -0.25) is 19.7 Å².